The van der Waals surface area contributed by atoms with Crippen molar-refractivity contribution < 1.29 is 9.90 Å². The molecule has 0 heterocycles. The number of aliphatic hydroxyl groups excluding tert-OH is 1. The second-order valence-corrected chi connectivity index (χ2v) is 5.61. The molecule has 1 rings (SSSR count). The van der Waals surface area contributed by atoms with Crippen molar-refractivity contribution in [2.24, 2.45) is 11.3 Å². The Hall–Kier alpha value is -1.08. The third-order valence-corrected chi connectivity index (χ3v) is 3.92. The van der Waals surface area contributed by atoms with Crippen LogP contribution < -0.4 is 5.32 Å². The van der Waals surface area contributed by atoms with Gasteiger partial charge in [-0.05, 0) is 18.8 Å². The predicted octanol–water partition coefficient (Wildman–Crippen LogP) is 1.98. The lowest BCUT2D eigenvalue weighted by Crippen LogP contribution is -2.48. The van der Waals surface area contributed by atoms with Crippen LogP contribution in [0.4, 0.5) is 0 Å². The Morgan fingerprint density at radius 2 is 1.89 bits per heavy atom. The van der Waals surface area contributed by atoms with Crippen molar-refractivity contribution >= 4 is 5.91 Å². The second kappa shape index (κ2) is 6.75. The van der Waals surface area contributed by atoms with Gasteiger partial charge < -0.3 is 10.4 Å². The van der Waals surface area contributed by atoms with Crippen LogP contribution in [-0.4, -0.2) is 23.7 Å². The molecule has 1 aliphatic rings. The van der Waals surface area contributed by atoms with E-state index in [-0.39, 0.29) is 24.5 Å². The topological polar surface area (TPSA) is 73.1 Å². The highest BCUT2D eigenvalue weighted by molar-refractivity contribution is 5.85. The van der Waals surface area contributed by atoms with E-state index in [0.717, 1.165) is 25.7 Å². The third-order valence-electron chi connectivity index (χ3n) is 3.92. The first-order chi connectivity index (χ1) is 8.55. The maximum atomic E-state index is 12.3. The lowest BCUT2D eigenvalue weighted by atomic mass is 9.80. The molecular weight excluding hydrogens is 228 g/mol. The van der Waals surface area contributed by atoms with Gasteiger partial charge in [0.2, 0.25) is 5.91 Å². The van der Waals surface area contributed by atoms with E-state index in [2.05, 4.69) is 11.4 Å². The zero-order valence-electron chi connectivity index (χ0n) is 11.4. The Morgan fingerprint density at radius 3 is 2.28 bits per heavy atom. The Labute approximate surface area is 109 Å². The molecule has 4 nitrogen and oxygen atoms in total. The van der Waals surface area contributed by atoms with Crippen molar-refractivity contribution in [3.8, 4) is 6.07 Å². The lowest BCUT2D eigenvalue weighted by Gasteiger charge is -2.28. The van der Waals surface area contributed by atoms with Gasteiger partial charge in [0, 0.05) is 0 Å². The van der Waals surface area contributed by atoms with Gasteiger partial charge in [-0.25, -0.2) is 0 Å². The Morgan fingerprint density at radius 1 is 1.33 bits per heavy atom. The van der Waals surface area contributed by atoms with Gasteiger partial charge in [-0.1, -0.05) is 39.5 Å². The zero-order chi connectivity index (χ0) is 13.6. The van der Waals surface area contributed by atoms with Gasteiger partial charge in [-0.2, -0.15) is 5.26 Å². The van der Waals surface area contributed by atoms with Crippen LogP contribution in [0.5, 0.6) is 0 Å². The van der Waals surface area contributed by atoms with E-state index in [1.54, 1.807) is 0 Å². The average molecular weight is 252 g/mol. The summed E-state index contributed by atoms with van der Waals surface area (Å²) in [6.07, 6.45) is 5.37. The van der Waals surface area contributed by atoms with E-state index < -0.39 is 5.41 Å². The first kappa shape index (κ1) is 15.0. The molecule has 0 spiro atoms. The average Bonchev–Trinajstić information content (AvgIpc) is 2.61. The van der Waals surface area contributed by atoms with Crippen molar-refractivity contribution in [2.45, 2.75) is 58.4 Å². The van der Waals surface area contributed by atoms with Crippen LogP contribution in [0.1, 0.15) is 52.4 Å². The van der Waals surface area contributed by atoms with Crippen LogP contribution in [0, 0.1) is 22.7 Å². The van der Waals surface area contributed by atoms with Crippen LogP contribution in [0.2, 0.25) is 0 Å². The van der Waals surface area contributed by atoms with Gasteiger partial charge in [0.25, 0.3) is 0 Å². The van der Waals surface area contributed by atoms with Crippen LogP contribution >= 0.6 is 0 Å². The van der Waals surface area contributed by atoms with E-state index in [0.29, 0.717) is 12.8 Å². The fourth-order valence-corrected chi connectivity index (χ4v) is 2.45. The quantitative estimate of drug-likeness (QED) is 0.751. The largest absolute Gasteiger partial charge is 0.394 e. The Bertz CT molecular complexity index is 312. The van der Waals surface area contributed by atoms with Gasteiger partial charge in [-0.15, -0.1) is 0 Å². The smallest absolute Gasteiger partial charge is 0.240 e. The molecule has 2 N–H and O–H groups in total. The number of hydrogen-bond acceptors (Lipinski definition) is 3. The molecule has 1 amide bonds. The molecule has 1 fully saturated rings. The summed E-state index contributed by atoms with van der Waals surface area (Å²) in [5, 5.41) is 21.5. The van der Waals surface area contributed by atoms with Gasteiger partial charge in [0.1, 0.15) is 5.41 Å². The highest BCUT2D eigenvalue weighted by atomic mass is 16.3. The van der Waals surface area contributed by atoms with E-state index in [1.165, 1.54) is 0 Å². The number of nitrogens with one attached hydrogen (secondary N) is 1. The zero-order valence-corrected chi connectivity index (χ0v) is 11.4. The molecular formula is C14H24N2O2. The number of nitrogens with zero attached hydrogens (tertiary/aromatic N) is 1. The maximum absolute atomic E-state index is 12.3. The lowest BCUT2D eigenvalue weighted by molar-refractivity contribution is -0.130. The third kappa shape index (κ3) is 3.46. The van der Waals surface area contributed by atoms with E-state index in [9.17, 15) is 15.2 Å². The predicted molar refractivity (Wildman–Crippen MR) is 69.6 cm³/mol. The minimum atomic E-state index is -0.876. The van der Waals surface area contributed by atoms with Crippen molar-refractivity contribution in [2.75, 3.05) is 6.61 Å². The van der Waals surface area contributed by atoms with Gasteiger partial charge in [0.15, 0.2) is 0 Å². The summed E-state index contributed by atoms with van der Waals surface area (Å²) in [6.45, 7) is 3.82. The summed E-state index contributed by atoms with van der Waals surface area (Å²) >= 11 is 0. The number of aliphatic hydroxyl groups is 1. The first-order valence-electron chi connectivity index (χ1n) is 6.89. The molecule has 0 aromatic rings. The van der Waals surface area contributed by atoms with E-state index >= 15 is 0 Å². The number of hydrogen-bond donors (Lipinski definition) is 2. The molecule has 0 aliphatic heterocycles. The molecule has 0 bridgehead atoms. The minimum absolute atomic E-state index is 0.0785. The summed E-state index contributed by atoms with van der Waals surface area (Å²) in [5.41, 5.74) is -0.876. The highest BCUT2D eigenvalue weighted by Gasteiger charge is 2.39. The molecule has 18 heavy (non-hydrogen) atoms. The maximum Gasteiger partial charge on any atom is 0.240 e. The number of carbonyl (C=O) groups excluding carboxylic acids is 1. The molecule has 0 radical (unpaired) electrons. The van der Waals surface area contributed by atoms with Crippen molar-refractivity contribution in [3.63, 3.8) is 0 Å². The summed E-state index contributed by atoms with van der Waals surface area (Å²) in [6, 6.07) is 1.97. The molecule has 1 atom stereocenters. The highest BCUT2D eigenvalue weighted by Crippen LogP contribution is 2.34. The van der Waals surface area contributed by atoms with Crippen LogP contribution in [0.3, 0.4) is 0 Å². The normalized spacial score (nSPS) is 20.8. The summed E-state index contributed by atoms with van der Waals surface area (Å²) < 4.78 is 0. The van der Waals surface area contributed by atoms with Crippen molar-refractivity contribution in [3.05, 3.63) is 0 Å². The standard InChI is InChI=1S/C14H24N2O2/c1-11(2)12(9-17)16-13(18)14(10-15)7-5-3-4-6-8-14/h11-12,17H,3-9H2,1-2H3,(H,16,18)/t12-/m1/s1. The molecule has 0 unspecified atom stereocenters. The molecule has 0 aromatic carbocycles. The van der Waals surface area contributed by atoms with Gasteiger partial charge in [0.05, 0.1) is 18.7 Å². The monoisotopic (exact) mass is 252 g/mol. The SMILES string of the molecule is CC(C)[C@@H](CO)NC(=O)C1(C#N)CCCCCC1. The van der Waals surface area contributed by atoms with Crippen molar-refractivity contribution in [1.82, 2.24) is 5.32 Å². The fourth-order valence-electron chi connectivity index (χ4n) is 2.45. The van der Waals surface area contributed by atoms with E-state index in [4.69, 9.17) is 0 Å². The molecule has 0 aromatic heterocycles. The number of rotatable bonds is 4. The Kier molecular flexibility index (Phi) is 5.61. The van der Waals surface area contributed by atoms with E-state index in [1.807, 2.05) is 13.8 Å². The molecule has 1 aliphatic carbocycles. The minimum Gasteiger partial charge on any atom is -0.394 e. The molecule has 4 heteroatoms. The number of nitriles is 1. The number of carbonyl (C=O) groups is 1. The summed E-state index contributed by atoms with van der Waals surface area (Å²) in [7, 11) is 0. The Balaban J connectivity index is 2.75. The summed E-state index contributed by atoms with van der Waals surface area (Å²) in [5.74, 6) is -0.0277. The molecule has 102 valence electrons. The van der Waals surface area contributed by atoms with Crippen molar-refractivity contribution in [1.29, 1.82) is 5.26 Å². The van der Waals surface area contributed by atoms with Crippen LogP contribution in [0.15, 0.2) is 0 Å². The summed E-state index contributed by atoms with van der Waals surface area (Å²) in [4.78, 5) is 12.3. The van der Waals surface area contributed by atoms with Gasteiger partial charge >= 0.3 is 0 Å². The molecule has 0 saturated heterocycles. The first-order valence-corrected chi connectivity index (χ1v) is 6.89. The molecule has 1 saturated carbocycles. The number of amides is 1. The van der Waals surface area contributed by atoms with Crippen LogP contribution in [-0.2, 0) is 4.79 Å². The van der Waals surface area contributed by atoms with Crippen LogP contribution in [0.25, 0.3) is 0 Å². The van der Waals surface area contributed by atoms with Gasteiger partial charge in [-0.3, -0.25) is 4.79 Å². The second-order valence-electron chi connectivity index (χ2n) is 5.61. The fraction of sp³-hybridized carbons (Fsp3) is 0.857.